The molecule has 0 aliphatic heterocycles. The van der Waals surface area contributed by atoms with Gasteiger partial charge in [-0.2, -0.15) is 0 Å². The minimum absolute atomic E-state index is 0.124. The van der Waals surface area contributed by atoms with Gasteiger partial charge in [-0.1, -0.05) is 23.9 Å². The number of hydrogen-bond donors (Lipinski definition) is 0. The van der Waals surface area contributed by atoms with Gasteiger partial charge in [-0.15, -0.1) is 11.3 Å². The van der Waals surface area contributed by atoms with E-state index in [0.29, 0.717) is 11.0 Å². The number of aryl methyl sites for hydroxylation is 2. The number of rotatable bonds is 4. The summed E-state index contributed by atoms with van der Waals surface area (Å²) >= 11 is 3.00. The van der Waals surface area contributed by atoms with E-state index in [-0.39, 0.29) is 5.78 Å². The maximum atomic E-state index is 12.2. The minimum Gasteiger partial charge on any atom is -0.431 e. The highest BCUT2D eigenvalue weighted by atomic mass is 32.2. The van der Waals surface area contributed by atoms with Crippen molar-refractivity contribution in [3.05, 3.63) is 45.6 Å². The van der Waals surface area contributed by atoms with Crippen LogP contribution < -0.4 is 0 Å². The van der Waals surface area contributed by atoms with Gasteiger partial charge in [0.25, 0.3) is 5.22 Å². The highest BCUT2D eigenvalue weighted by molar-refractivity contribution is 7.99. The number of Topliss-reactive ketones (excluding diaryl/α,β-unsaturated/α-hetero) is 1. The number of carbonyl (C=O) groups is 1. The summed E-state index contributed by atoms with van der Waals surface area (Å²) in [5.41, 5.74) is 2.39. The van der Waals surface area contributed by atoms with E-state index in [9.17, 15) is 4.79 Å². The fraction of sp³-hybridized carbons (Fsp3) is 0.200. The molecule has 0 amide bonds. The third-order valence-corrected chi connectivity index (χ3v) is 4.74. The zero-order chi connectivity index (χ0) is 14.1. The third kappa shape index (κ3) is 2.64. The molecule has 0 atom stereocenters. The molecule has 0 aliphatic rings. The number of fused-ring (bicyclic) bond motifs is 1. The highest BCUT2D eigenvalue weighted by Gasteiger charge is 2.14. The van der Waals surface area contributed by atoms with Crippen LogP contribution in [0, 0.1) is 13.8 Å². The van der Waals surface area contributed by atoms with Crippen LogP contribution in [-0.4, -0.2) is 16.5 Å². The van der Waals surface area contributed by atoms with Crippen LogP contribution >= 0.6 is 23.1 Å². The SMILES string of the molecule is Cc1cc(C(=O)CSc2nc3ccccc3o2)c(C)s1. The van der Waals surface area contributed by atoms with Crippen LogP contribution in [0.1, 0.15) is 20.1 Å². The van der Waals surface area contributed by atoms with Crippen LogP contribution in [-0.2, 0) is 0 Å². The maximum Gasteiger partial charge on any atom is 0.257 e. The van der Waals surface area contributed by atoms with E-state index in [2.05, 4.69) is 4.98 Å². The third-order valence-electron chi connectivity index (χ3n) is 2.94. The molecular weight excluding hydrogens is 290 g/mol. The number of nitrogens with zero attached hydrogens (tertiary/aromatic N) is 1. The Labute approximate surface area is 125 Å². The summed E-state index contributed by atoms with van der Waals surface area (Å²) in [6.45, 7) is 4.00. The molecule has 2 aromatic heterocycles. The average molecular weight is 303 g/mol. The first-order chi connectivity index (χ1) is 9.63. The van der Waals surface area contributed by atoms with Gasteiger partial charge in [0.05, 0.1) is 5.75 Å². The lowest BCUT2D eigenvalue weighted by molar-refractivity contribution is 0.102. The van der Waals surface area contributed by atoms with E-state index in [0.717, 1.165) is 26.4 Å². The van der Waals surface area contributed by atoms with Gasteiger partial charge in [0.1, 0.15) is 5.52 Å². The normalized spacial score (nSPS) is 11.1. The average Bonchev–Trinajstić information content (AvgIpc) is 2.98. The van der Waals surface area contributed by atoms with Gasteiger partial charge in [-0.3, -0.25) is 4.79 Å². The van der Waals surface area contributed by atoms with Crippen molar-refractivity contribution in [1.29, 1.82) is 0 Å². The van der Waals surface area contributed by atoms with E-state index in [1.54, 1.807) is 11.3 Å². The molecule has 5 heteroatoms. The van der Waals surface area contributed by atoms with Crippen LogP contribution in [0.3, 0.4) is 0 Å². The molecule has 1 aromatic carbocycles. The van der Waals surface area contributed by atoms with Gasteiger partial charge >= 0.3 is 0 Å². The van der Waals surface area contributed by atoms with E-state index in [1.165, 1.54) is 11.8 Å². The Kier molecular flexibility index (Phi) is 3.63. The molecule has 0 saturated heterocycles. The summed E-state index contributed by atoms with van der Waals surface area (Å²) in [5.74, 6) is 0.475. The zero-order valence-electron chi connectivity index (χ0n) is 11.2. The second kappa shape index (κ2) is 5.42. The van der Waals surface area contributed by atoms with Gasteiger partial charge in [-0.05, 0) is 32.0 Å². The molecule has 20 heavy (non-hydrogen) atoms. The molecule has 0 N–H and O–H groups in total. The topological polar surface area (TPSA) is 43.1 Å². The number of hydrogen-bond acceptors (Lipinski definition) is 5. The Morgan fingerprint density at radius 3 is 2.85 bits per heavy atom. The Balaban J connectivity index is 1.73. The smallest absolute Gasteiger partial charge is 0.257 e. The molecule has 0 saturated carbocycles. The van der Waals surface area contributed by atoms with Crippen molar-refractivity contribution in [2.45, 2.75) is 19.1 Å². The van der Waals surface area contributed by atoms with Crippen molar-refractivity contribution >= 4 is 40.0 Å². The minimum atomic E-state index is 0.124. The van der Waals surface area contributed by atoms with Crippen LogP contribution in [0.5, 0.6) is 0 Å². The summed E-state index contributed by atoms with van der Waals surface area (Å²) in [5, 5.41) is 0.546. The molecule has 0 radical (unpaired) electrons. The van der Waals surface area contributed by atoms with Crippen molar-refractivity contribution in [2.24, 2.45) is 0 Å². The van der Waals surface area contributed by atoms with E-state index in [4.69, 9.17) is 4.42 Å². The van der Waals surface area contributed by atoms with E-state index >= 15 is 0 Å². The molecular formula is C15H13NO2S2. The number of oxazole rings is 1. The van der Waals surface area contributed by atoms with Gasteiger partial charge in [0.15, 0.2) is 11.4 Å². The second-order valence-corrected chi connectivity index (χ2v) is 6.87. The first-order valence-electron chi connectivity index (χ1n) is 6.22. The molecule has 0 aliphatic carbocycles. The van der Waals surface area contributed by atoms with Gasteiger partial charge in [0, 0.05) is 15.3 Å². The Hall–Kier alpha value is -1.59. The summed E-state index contributed by atoms with van der Waals surface area (Å²) < 4.78 is 5.59. The summed E-state index contributed by atoms with van der Waals surface area (Å²) in [6.07, 6.45) is 0. The molecule has 0 spiro atoms. The van der Waals surface area contributed by atoms with Crippen LogP contribution in [0.4, 0.5) is 0 Å². The highest BCUT2D eigenvalue weighted by Crippen LogP contribution is 2.26. The Morgan fingerprint density at radius 2 is 2.15 bits per heavy atom. The molecule has 0 bridgehead atoms. The van der Waals surface area contributed by atoms with Gasteiger partial charge in [0.2, 0.25) is 0 Å². The van der Waals surface area contributed by atoms with Gasteiger partial charge in [-0.25, -0.2) is 4.98 Å². The molecule has 2 heterocycles. The van der Waals surface area contributed by atoms with E-state index < -0.39 is 0 Å². The van der Waals surface area contributed by atoms with Crippen LogP contribution in [0.2, 0.25) is 0 Å². The van der Waals surface area contributed by atoms with Crippen LogP contribution in [0.25, 0.3) is 11.1 Å². The zero-order valence-corrected chi connectivity index (χ0v) is 12.8. The number of thiophene rings is 1. The number of benzene rings is 1. The maximum absolute atomic E-state index is 12.2. The summed E-state index contributed by atoms with van der Waals surface area (Å²) in [4.78, 5) is 18.8. The lowest BCUT2D eigenvalue weighted by atomic mass is 10.2. The van der Waals surface area contributed by atoms with Gasteiger partial charge < -0.3 is 4.42 Å². The first kappa shape index (κ1) is 13.4. The lowest BCUT2D eigenvalue weighted by Crippen LogP contribution is -2.02. The van der Waals surface area contributed by atoms with E-state index in [1.807, 2.05) is 44.2 Å². The number of carbonyl (C=O) groups excluding carboxylic acids is 1. The van der Waals surface area contributed by atoms with Crippen molar-refractivity contribution in [2.75, 3.05) is 5.75 Å². The largest absolute Gasteiger partial charge is 0.431 e. The second-order valence-electron chi connectivity index (χ2n) is 4.49. The Morgan fingerprint density at radius 1 is 1.35 bits per heavy atom. The van der Waals surface area contributed by atoms with Crippen molar-refractivity contribution in [3.8, 4) is 0 Å². The monoisotopic (exact) mass is 303 g/mol. The molecule has 0 unspecified atom stereocenters. The van der Waals surface area contributed by atoms with Crippen molar-refractivity contribution in [3.63, 3.8) is 0 Å². The lowest BCUT2D eigenvalue weighted by Gasteiger charge is -1.97. The summed E-state index contributed by atoms with van der Waals surface area (Å²) in [7, 11) is 0. The number of aromatic nitrogens is 1. The molecule has 3 rings (SSSR count). The number of ketones is 1. The Bertz CT molecular complexity index is 740. The first-order valence-corrected chi connectivity index (χ1v) is 8.02. The van der Waals surface area contributed by atoms with Crippen LogP contribution in [0.15, 0.2) is 40.0 Å². The predicted octanol–water partition coefficient (Wildman–Crippen LogP) is 4.48. The molecule has 3 aromatic rings. The molecule has 0 fully saturated rings. The van der Waals surface area contributed by atoms with Crippen molar-refractivity contribution < 1.29 is 9.21 Å². The standard InChI is InChI=1S/C15H13NO2S2/c1-9-7-11(10(2)20-9)13(17)8-19-15-16-12-5-3-4-6-14(12)18-15/h3-7H,8H2,1-2H3. The van der Waals surface area contributed by atoms with Crippen molar-refractivity contribution in [1.82, 2.24) is 4.98 Å². The predicted molar refractivity (Wildman–Crippen MR) is 82.9 cm³/mol. The fourth-order valence-electron chi connectivity index (χ4n) is 2.03. The quantitative estimate of drug-likeness (QED) is 0.526. The fourth-order valence-corrected chi connectivity index (χ4v) is 3.69. The molecule has 3 nitrogen and oxygen atoms in total. The molecule has 102 valence electrons. The number of para-hydroxylation sites is 2. The number of thioether (sulfide) groups is 1. The summed E-state index contributed by atoms with van der Waals surface area (Å²) in [6, 6.07) is 9.55.